The first-order valence-electron chi connectivity index (χ1n) is 3.27. The number of nitrogens with two attached hydrogens (primary N) is 1. The van der Waals surface area contributed by atoms with Crippen molar-refractivity contribution in [3.63, 3.8) is 0 Å². The van der Waals surface area contributed by atoms with E-state index < -0.39 is 0 Å². The summed E-state index contributed by atoms with van der Waals surface area (Å²) in [6.45, 7) is 1.84. The van der Waals surface area contributed by atoms with Crippen LogP contribution in [0.4, 0.5) is 5.69 Å². The Morgan fingerprint density at radius 3 is 2.50 bits per heavy atom. The molecule has 0 unspecified atom stereocenters. The van der Waals surface area contributed by atoms with Gasteiger partial charge in [-0.25, -0.2) is 0 Å². The molecule has 0 fully saturated rings. The zero-order valence-corrected chi connectivity index (χ0v) is 9.57. The van der Waals surface area contributed by atoms with Gasteiger partial charge in [-0.3, -0.25) is 4.79 Å². The molecule has 0 saturated heterocycles. The summed E-state index contributed by atoms with van der Waals surface area (Å²) in [6.07, 6.45) is 0.809. The summed E-state index contributed by atoms with van der Waals surface area (Å²) in [7, 11) is 0. The lowest BCUT2D eigenvalue weighted by molar-refractivity contribution is 0.112. The van der Waals surface area contributed by atoms with Crippen molar-refractivity contribution in [2.75, 3.05) is 5.73 Å². The Balaban J connectivity index is 3.51. The lowest BCUT2D eigenvalue weighted by Crippen LogP contribution is -1.95. The number of aldehydes is 1. The van der Waals surface area contributed by atoms with Crippen LogP contribution in [0.5, 0.6) is 0 Å². The van der Waals surface area contributed by atoms with Gasteiger partial charge in [-0.15, -0.1) is 0 Å². The first kappa shape index (κ1) is 9.74. The van der Waals surface area contributed by atoms with Crippen LogP contribution in [0, 0.1) is 6.92 Å². The van der Waals surface area contributed by atoms with E-state index in [1.54, 1.807) is 6.07 Å². The maximum atomic E-state index is 10.6. The first-order chi connectivity index (χ1) is 5.57. The topological polar surface area (TPSA) is 43.1 Å². The van der Waals surface area contributed by atoms with Gasteiger partial charge in [0.2, 0.25) is 0 Å². The van der Waals surface area contributed by atoms with Crippen molar-refractivity contribution in [3.8, 4) is 0 Å². The average molecular weight is 293 g/mol. The number of carbonyl (C=O) groups is 1. The summed E-state index contributed by atoms with van der Waals surface area (Å²) in [6, 6.07) is 1.76. The van der Waals surface area contributed by atoms with E-state index in [9.17, 15) is 4.79 Å². The van der Waals surface area contributed by atoms with Crippen molar-refractivity contribution in [3.05, 3.63) is 26.1 Å². The number of nitrogen functional groups attached to an aromatic ring is 1. The second kappa shape index (κ2) is 3.58. The van der Waals surface area contributed by atoms with E-state index in [1.165, 1.54) is 0 Å². The molecule has 64 valence electrons. The van der Waals surface area contributed by atoms with Crippen molar-refractivity contribution in [1.82, 2.24) is 0 Å². The molecule has 0 aromatic heterocycles. The number of benzene rings is 1. The molecule has 4 heteroatoms. The molecule has 0 radical (unpaired) electrons. The molecular weight excluding hydrogens is 286 g/mol. The molecule has 0 saturated carbocycles. The van der Waals surface area contributed by atoms with Gasteiger partial charge < -0.3 is 5.73 Å². The minimum absolute atomic E-state index is 0.630. The van der Waals surface area contributed by atoms with Crippen molar-refractivity contribution in [2.24, 2.45) is 0 Å². The van der Waals surface area contributed by atoms with Gasteiger partial charge >= 0.3 is 0 Å². The van der Waals surface area contributed by atoms with Crippen LogP contribution >= 0.6 is 31.9 Å². The number of hydrogen-bond donors (Lipinski definition) is 1. The van der Waals surface area contributed by atoms with Crippen molar-refractivity contribution in [1.29, 1.82) is 0 Å². The highest BCUT2D eigenvalue weighted by molar-refractivity contribution is 9.13. The lowest BCUT2D eigenvalue weighted by Gasteiger charge is -2.06. The van der Waals surface area contributed by atoms with Crippen LogP contribution in [0.2, 0.25) is 0 Å². The molecule has 1 aromatic rings. The fraction of sp³-hybridized carbons (Fsp3) is 0.125. The molecule has 2 N–H and O–H groups in total. The Hall–Kier alpha value is -0.350. The third kappa shape index (κ3) is 1.54. The van der Waals surface area contributed by atoms with E-state index in [0.29, 0.717) is 11.3 Å². The van der Waals surface area contributed by atoms with Crippen LogP contribution in [-0.2, 0) is 0 Å². The van der Waals surface area contributed by atoms with E-state index in [0.717, 1.165) is 20.8 Å². The van der Waals surface area contributed by atoms with Crippen molar-refractivity contribution in [2.45, 2.75) is 6.92 Å². The Morgan fingerprint density at radius 2 is 2.00 bits per heavy atom. The standard InChI is InChI=1S/C8H7Br2NO/c1-4-2-6(11)8(10)7(9)5(4)3-12/h2-3H,11H2,1H3. The Morgan fingerprint density at radius 1 is 1.42 bits per heavy atom. The highest BCUT2D eigenvalue weighted by Gasteiger charge is 2.09. The van der Waals surface area contributed by atoms with Crippen LogP contribution in [0.3, 0.4) is 0 Å². The highest BCUT2D eigenvalue weighted by Crippen LogP contribution is 2.33. The predicted octanol–water partition coefficient (Wildman–Crippen LogP) is 2.91. The second-order valence-corrected chi connectivity index (χ2v) is 4.03. The minimum Gasteiger partial charge on any atom is -0.398 e. The Labute approximate surface area is 87.4 Å². The molecule has 0 aliphatic rings. The van der Waals surface area contributed by atoms with Crippen LogP contribution in [0.15, 0.2) is 15.0 Å². The van der Waals surface area contributed by atoms with Crippen LogP contribution in [-0.4, -0.2) is 6.29 Å². The Bertz CT molecular complexity index is 336. The van der Waals surface area contributed by atoms with Gasteiger partial charge in [0.1, 0.15) is 0 Å². The molecule has 0 heterocycles. The molecule has 0 bridgehead atoms. The summed E-state index contributed by atoms with van der Waals surface area (Å²) >= 11 is 6.56. The van der Waals surface area contributed by atoms with Gasteiger partial charge in [0.15, 0.2) is 6.29 Å². The quantitative estimate of drug-likeness (QED) is 0.639. The summed E-state index contributed by atoms with van der Waals surface area (Å²) < 4.78 is 1.45. The van der Waals surface area contributed by atoms with Crippen molar-refractivity contribution >= 4 is 43.8 Å². The maximum Gasteiger partial charge on any atom is 0.151 e. The van der Waals surface area contributed by atoms with Gasteiger partial charge in [0.25, 0.3) is 0 Å². The minimum atomic E-state index is 0.630. The largest absolute Gasteiger partial charge is 0.398 e. The van der Waals surface area contributed by atoms with E-state index in [1.807, 2.05) is 6.92 Å². The molecule has 2 nitrogen and oxygen atoms in total. The zero-order valence-electron chi connectivity index (χ0n) is 6.40. The van der Waals surface area contributed by atoms with Gasteiger partial charge in [-0.05, 0) is 50.4 Å². The summed E-state index contributed by atoms with van der Waals surface area (Å²) in [5, 5.41) is 0. The number of aryl methyl sites for hydroxylation is 1. The third-order valence-electron chi connectivity index (χ3n) is 1.60. The fourth-order valence-electron chi connectivity index (χ4n) is 0.937. The number of rotatable bonds is 1. The molecule has 0 aliphatic heterocycles. The Kier molecular flexibility index (Phi) is 2.90. The predicted molar refractivity (Wildman–Crippen MR) is 56.4 cm³/mol. The monoisotopic (exact) mass is 291 g/mol. The van der Waals surface area contributed by atoms with E-state index >= 15 is 0 Å². The fourth-order valence-corrected chi connectivity index (χ4v) is 1.90. The van der Waals surface area contributed by atoms with Crippen molar-refractivity contribution < 1.29 is 4.79 Å². The highest BCUT2D eigenvalue weighted by atomic mass is 79.9. The number of carbonyl (C=O) groups excluding carboxylic acids is 1. The molecule has 1 rings (SSSR count). The van der Waals surface area contributed by atoms with Gasteiger partial charge in [0.05, 0.1) is 4.47 Å². The first-order valence-corrected chi connectivity index (χ1v) is 4.85. The maximum absolute atomic E-state index is 10.6. The van der Waals surface area contributed by atoms with E-state index in [-0.39, 0.29) is 0 Å². The van der Waals surface area contributed by atoms with Crippen LogP contribution in [0.1, 0.15) is 15.9 Å². The normalized spacial score (nSPS) is 9.92. The SMILES string of the molecule is Cc1cc(N)c(Br)c(Br)c1C=O. The van der Waals surface area contributed by atoms with Gasteiger partial charge in [-0.1, -0.05) is 0 Å². The molecule has 0 amide bonds. The lowest BCUT2D eigenvalue weighted by atomic mass is 10.1. The molecular formula is C8H7Br2NO. The summed E-state index contributed by atoms with van der Waals surface area (Å²) in [5.41, 5.74) is 7.79. The number of anilines is 1. The molecule has 0 spiro atoms. The van der Waals surface area contributed by atoms with Gasteiger partial charge in [0, 0.05) is 15.7 Å². The molecule has 0 atom stereocenters. The average Bonchev–Trinajstić information content (AvgIpc) is 2.01. The molecule has 12 heavy (non-hydrogen) atoms. The third-order valence-corrected chi connectivity index (χ3v) is 3.81. The summed E-state index contributed by atoms with van der Waals surface area (Å²) in [5.74, 6) is 0. The molecule has 0 aliphatic carbocycles. The van der Waals surface area contributed by atoms with E-state index in [4.69, 9.17) is 5.73 Å². The number of halogens is 2. The zero-order chi connectivity index (χ0) is 9.30. The van der Waals surface area contributed by atoms with Gasteiger partial charge in [-0.2, -0.15) is 0 Å². The molecule has 1 aromatic carbocycles. The van der Waals surface area contributed by atoms with E-state index in [2.05, 4.69) is 31.9 Å². The smallest absolute Gasteiger partial charge is 0.151 e. The summed E-state index contributed by atoms with van der Waals surface area (Å²) in [4.78, 5) is 10.6. The number of hydrogen-bond acceptors (Lipinski definition) is 2. The van der Waals surface area contributed by atoms with Crippen LogP contribution in [0.25, 0.3) is 0 Å². The second-order valence-electron chi connectivity index (χ2n) is 2.44. The van der Waals surface area contributed by atoms with Crippen LogP contribution < -0.4 is 5.73 Å².